The van der Waals surface area contributed by atoms with E-state index in [4.69, 9.17) is 21.9 Å². The minimum Gasteiger partial charge on any atom is -0.468 e. The van der Waals surface area contributed by atoms with Crippen LogP contribution in [0.15, 0.2) is 52.0 Å². The Hall–Kier alpha value is -0.940. The van der Waals surface area contributed by atoms with Crippen LogP contribution in [-0.4, -0.2) is 5.75 Å². The van der Waals surface area contributed by atoms with Crippen LogP contribution in [0.4, 0.5) is 0 Å². The summed E-state index contributed by atoms with van der Waals surface area (Å²) < 4.78 is 5.32. The molecule has 0 aliphatic rings. The predicted molar refractivity (Wildman–Crippen MR) is 70.9 cm³/mol. The molecule has 3 N–H and O–H groups in total. The van der Waals surface area contributed by atoms with E-state index in [1.807, 2.05) is 36.4 Å². The molecule has 0 radical (unpaired) electrons. The van der Waals surface area contributed by atoms with E-state index in [1.54, 1.807) is 18.0 Å². The van der Waals surface area contributed by atoms with E-state index < -0.39 is 0 Å². The zero-order valence-corrected chi connectivity index (χ0v) is 10.7. The van der Waals surface area contributed by atoms with Crippen molar-refractivity contribution in [1.82, 2.24) is 5.43 Å². The Balaban J connectivity index is 1.97. The molecule has 0 amide bonds. The monoisotopic (exact) mass is 268 g/mol. The molecule has 1 aromatic carbocycles. The quantitative estimate of drug-likeness (QED) is 0.497. The zero-order valence-electron chi connectivity index (χ0n) is 9.10. The fourth-order valence-corrected chi connectivity index (χ4v) is 2.70. The first-order valence-corrected chi connectivity index (χ1v) is 6.54. The van der Waals surface area contributed by atoms with Crippen molar-refractivity contribution in [1.29, 1.82) is 0 Å². The van der Waals surface area contributed by atoms with Crippen LogP contribution in [0.25, 0.3) is 0 Å². The topological polar surface area (TPSA) is 51.2 Å². The molecular weight excluding hydrogens is 256 g/mol. The number of rotatable bonds is 5. The van der Waals surface area contributed by atoms with Gasteiger partial charge in [-0.3, -0.25) is 5.84 Å². The molecule has 0 aliphatic heterocycles. The molecule has 0 fully saturated rings. The molecule has 1 unspecified atom stereocenters. The second kappa shape index (κ2) is 6.12. The van der Waals surface area contributed by atoms with Gasteiger partial charge in [-0.2, -0.15) is 0 Å². The van der Waals surface area contributed by atoms with Gasteiger partial charge in [0.2, 0.25) is 0 Å². The number of halogens is 1. The predicted octanol–water partition coefficient (Wildman–Crippen LogP) is 3.23. The minimum absolute atomic E-state index is 0.00557. The maximum atomic E-state index is 5.92. The molecule has 2 rings (SSSR count). The Morgan fingerprint density at radius 3 is 2.88 bits per heavy atom. The van der Waals surface area contributed by atoms with Gasteiger partial charge in [0.15, 0.2) is 0 Å². The number of hydrazine groups is 1. The summed E-state index contributed by atoms with van der Waals surface area (Å²) in [6.07, 6.45) is 1.64. The first kappa shape index (κ1) is 12.5. The molecule has 0 saturated carbocycles. The second-order valence-corrected chi connectivity index (χ2v) is 5.03. The van der Waals surface area contributed by atoms with Gasteiger partial charge in [-0.25, -0.2) is 5.43 Å². The minimum atomic E-state index is -0.00557. The summed E-state index contributed by atoms with van der Waals surface area (Å²) in [6.45, 7) is 0. The Kier molecular flexibility index (Phi) is 4.50. The van der Waals surface area contributed by atoms with Crippen LogP contribution in [0, 0.1) is 0 Å². The Bertz CT molecular complexity index is 461. The Morgan fingerprint density at radius 1 is 1.35 bits per heavy atom. The Morgan fingerprint density at radius 2 is 2.24 bits per heavy atom. The molecule has 1 atom stereocenters. The van der Waals surface area contributed by atoms with E-state index in [1.165, 1.54) is 0 Å². The average molecular weight is 269 g/mol. The molecule has 1 aromatic heterocycles. The number of thioether (sulfide) groups is 1. The molecule has 17 heavy (non-hydrogen) atoms. The number of benzene rings is 1. The van der Waals surface area contributed by atoms with E-state index in [2.05, 4.69) is 5.43 Å². The second-order valence-electron chi connectivity index (χ2n) is 3.50. The summed E-state index contributed by atoms with van der Waals surface area (Å²) in [5.41, 5.74) is 2.74. The SMILES string of the molecule is NNC(CSc1cccc(Cl)c1)c1ccco1. The largest absolute Gasteiger partial charge is 0.468 e. The molecule has 3 nitrogen and oxygen atoms in total. The lowest BCUT2D eigenvalue weighted by atomic mass is 10.3. The summed E-state index contributed by atoms with van der Waals surface area (Å²) >= 11 is 7.60. The van der Waals surface area contributed by atoms with Crippen molar-refractivity contribution in [3.05, 3.63) is 53.4 Å². The summed E-state index contributed by atoms with van der Waals surface area (Å²) in [4.78, 5) is 1.12. The highest BCUT2D eigenvalue weighted by Crippen LogP contribution is 2.26. The van der Waals surface area contributed by atoms with Crippen LogP contribution in [0.1, 0.15) is 11.8 Å². The number of hydrogen-bond donors (Lipinski definition) is 2. The smallest absolute Gasteiger partial charge is 0.122 e. The molecule has 0 bridgehead atoms. The Labute approximate surface area is 109 Å². The van der Waals surface area contributed by atoms with Crippen LogP contribution in [0.3, 0.4) is 0 Å². The summed E-state index contributed by atoms with van der Waals surface area (Å²) in [6, 6.07) is 11.5. The lowest BCUT2D eigenvalue weighted by molar-refractivity contribution is 0.441. The fraction of sp³-hybridized carbons (Fsp3) is 0.167. The van der Waals surface area contributed by atoms with Crippen molar-refractivity contribution >= 4 is 23.4 Å². The van der Waals surface area contributed by atoms with E-state index in [0.29, 0.717) is 0 Å². The molecule has 90 valence electrons. The molecule has 0 saturated heterocycles. The maximum absolute atomic E-state index is 5.92. The highest BCUT2D eigenvalue weighted by atomic mass is 35.5. The van der Waals surface area contributed by atoms with E-state index in [9.17, 15) is 0 Å². The van der Waals surface area contributed by atoms with Gasteiger partial charge in [0.1, 0.15) is 5.76 Å². The third-order valence-corrected chi connectivity index (χ3v) is 3.62. The first-order chi connectivity index (χ1) is 8.29. The highest BCUT2D eigenvalue weighted by Gasteiger charge is 2.12. The van der Waals surface area contributed by atoms with Gasteiger partial charge >= 0.3 is 0 Å². The van der Waals surface area contributed by atoms with Gasteiger partial charge in [-0.15, -0.1) is 11.8 Å². The van der Waals surface area contributed by atoms with Gasteiger partial charge in [-0.1, -0.05) is 17.7 Å². The van der Waals surface area contributed by atoms with Crippen LogP contribution < -0.4 is 11.3 Å². The van der Waals surface area contributed by atoms with Crippen molar-refractivity contribution in [3.8, 4) is 0 Å². The van der Waals surface area contributed by atoms with Gasteiger partial charge in [0, 0.05) is 15.7 Å². The molecular formula is C12H13ClN2OS. The van der Waals surface area contributed by atoms with Gasteiger partial charge in [-0.05, 0) is 30.3 Å². The molecule has 0 spiro atoms. The number of nitrogens with two attached hydrogens (primary N) is 1. The highest BCUT2D eigenvalue weighted by molar-refractivity contribution is 7.99. The standard InChI is InChI=1S/C12H13ClN2OS/c13-9-3-1-4-10(7-9)17-8-11(15-14)12-5-2-6-16-12/h1-7,11,15H,8,14H2. The van der Waals surface area contributed by atoms with E-state index in [0.717, 1.165) is 21.4 Å². The van der Waals surface area contributed by atoms with Gasteiger partial charge in [0.25, 0.3) is 0 Å². The van der Waals surface area contributed by atoms with E-state index >= 15 is 0 Å². The first-order valence-electron chi connectivity index (χ1n) is 5.17. The molecule has 2 aromatic rings. The van der Waals surface area contributed by atoms with Crippen LogP contribution in [0.2, 0.25) is 5.02 Å². The normalized spacial score (nSPS) is 12.6. The zero-order chi connectivity index (χ0) is 12.1. The molecule has 0 aliphatic carbocycles. The summed E-state index contributed by atoms with van der Waals surface area (Å²) in [5.74, 6) is 7.13. The summed E-state index contributed by atoms with van der Waals surface area (Å²) in [7, 11) is 0. The summed E-state index contributed by atoms with van der Waals surface area (Å²) in [5, 5.41) is 0.741. The van der Waals surface area contributed by atoms with Crippen molar-refractivity contribution in [2.75, 3.05) is 5.75 Å². The van der Waals surface area contributed by atoms with Gasteiger partial charge < -0.3 is 4.42 Å². The maximum Gasteiger partial charge on any atom is 0.122 e. The third-order valence-electron chi connectivity index (χ3n) is 2.30. The van der Waals surface area contributed by atoms with Gasteiger partial charge in [0.05, 0.1) is 12.3 Å². The average Bonchev–Trinajstić information content (AvgIpc) is 2.84. The van der Waals surface area contributed by atoms with Crippen LogP contribution in [0.5, 0.6) is 0 Å². The van der Waals surface area contributed by atoms with Crippen molar-refractivity contribution in [2.45, 2.75) is 10.9 Å². The van der Waals surface area contributed by atoms with Crippen LogP contribution >= 0.6 is 23.4 Å². The number of nitrogens with one attached hydrogen (secondary N) is 1. The number of hydrogen-bond acceptors (Lipinski definition) is 4. The fourth-order valence-electron chi connectivity index (χ4n) is 1.44. The van der Waals surface area contributed by atoms with Crippen LogP contribution in [-0.2, 0) is 0 Å². The molecule has 5 heteroatoms. The lowest BCUT2D eigenvalue weighted by Gasteiger charge is -2.12. The number of furan rings is 1. The third kappa shape index (κ3) is 3.51. The van der Waals surface area contributed by atoms with Crippen molar-refractivity contribution in [3.63, 3.8) is 0 Å². The van der Waals surface area contributed by atoms with Crippen molar-refractivity contribution in [2.24, 2.45) is 5.84 Å². The molecule has 1 heterocycles. The lowest BCUT2D eigenvalue weighted by Crippen LogP contribution is -2.29. The van der Waals surface area contributed by atoms with E-state index in [-0.39, 0.29) is 6.04 Å². The van der Waals surface area contributed by atoms with Crippen molar-refractivity contribution < 1.29 is 4.42 Å².